The number of rotatable bonds is 6. The van der Waals surface area contributed by atoms with Gasteiger partial charge in [0.05, 0.1) is 0 Å². The molecule has 0 aliphatic carbocycles. The maximum atomic E-state index is 11.5. The highest BCUT2D eigenvalue weighted by atomic mass is 16.5. The van der Waals surface area contributed by atoms with Crippen LogP contribution < -0.4 is 5.73 Å². The summed E-state index contributed by atoms with van der Waals surface area (Å²) in [5.74, 6) is 0.662. The number of Topliss-reactive ketones (excluding diaryl/α,β-unsaturated/α-hetero) is 1. The Labute approximate surface area is 89.5 Å². The van der Waals surface area contributed by atoms with E-state index in [1.54, 1.807) is 19.4 Å². The van der Waals surface area contributed by atoms with E-state index in [1.807, 2.05) is 6.07 Å². The number of nitrogens with two attached hydrogens (primary N) is 1. The summed E-state index contributed by atoms with van der Waals surface area (Å²) >= 11 is 0. The molecular formula is C11H16N2O2. The van der Waals surface area contributed by atoms with Crippen LogP contribution in [0.2, 0.25) is 0 Å². The van der Waals surface area contributed by atoms with Gasteiger partial charge in [-0.15, -0.1) is 0 Å². The summed E-state index contributed by atoms with van der Waals surface area (Å²) in [6, 6.07) is 3.54. The maximum absolute atomic E-state index is 11.5. The van der Waals surface area contributed by atoms with Crippen LogP contribution in [0.5, 0.6) is 0 Å². The summed E-state index contributed by atoms with van der Waals surface area (Å²) in [4.78, 5) is 15.4. The SMILES string of the molecule is COCCCC(=O)Cc1ccnc(N)c1. The quantitative estimate of drug-likeness (QED) is 0.713. The molecule has 0 spiro atoms. The Morgan fingerprint density at radius 3 is 3.07 bits per heavy atom. The van der Waals surface area contributed by atoms with Gasteiger partial charge in [-0.3, -0.25) is 4.79 Å². The largest absolute Gasteiger partial charge is 0.385 e. The normalized spacial score (nSPS) is 10.2. The van der Waals surface area contributed by atoms with Crippen molar-refractivity contribution in [1.82, 2.24) is 4.98 Å². The summed E-state index contributed by atoms with van der Waals surface area (Å²) in [5.41, 5.74) is 6.43. The number of aromatic nitrogens is 1. The van der Waals surface area contributed by atoms with Gasteiger partial charge in [-0.1, -0.05) is 0 Å². The molecule has 1 rings (SSSR count). The highest BCUT2D eigenvalue weighted by molar-refractivity contribution is 5.80. The first-order chi connectivity index (χ1) is 7.22. The maximum Gasteiger partial charge on any atom is 0.137 e. The predicted molar refractivity (Wildman–Crippen MR) is 58.5 cm³/mol. The molecule has 0 amide bonds. The second-order valence-electron chi connectivity index (χ2n) is 3.40. The van der Waals surface area contributed by atoms with Crippen molar-refractivity contribution in [3.8, 4) is 0 Å². The second-order valence-corrected chi connectivity index (χ2v) is 3.40. The molecule has 0 saturated heterocycles. The van der Waals surface area contributed by atoms with Crippen molar-refractivity contribution in [2.24, 2.45) is 0 Å². The van der Waals surface area contributed by atoms with Crippen LogP contribution in [-0.4, -0.2) is 24.5 Å². The molecular weight excluding hydrogens is 192 g/mol. The number of pyridine rings is 1. The fourth-order valence-electron chi connectivity index (χ4n) is 1.33. The van der Waals surface area contributed by atoms with E-state index >= 15 is 0 Å². The minimum Gasteiger partial charge on any atom is -0.385 e. The number of hydrogen-bond acceptors (Lipinski definition) is 4. The van der Waals surface area contributed by atoms with Crippen LogP contribution in [0.4, 0.5) is 5.82 Å². The highest BCUT2D eigenvalue weighted by Crippen LogP contribution is 2.06. The van der Waals surface area contributed by atoms with Crippen LogP contribution in [0.25, 0.3) is 0 Å². The Kier molecular flexibility index (Phi) is 4.77. The minimum absolute atomic E-state index is 0.206. The molecule has 4 nitrogen and oxygen atoms in total. The van der Waals surface area contributed by atoms with Gasteiger partial charge in [0.25, 0.3) is 0 Å². The zero-order chi connectivity index (χ0) is 11.1. The smallest absolute Gasteiger partial charge is 0.137 e. The van der Waals surface area contributed by atoms with Gasteiger partial charge in [0.15, 0.2) is 0 Å². The summed E-state index contributed by atoms with van der Waals surface area (Å²) < 4.78 is 4.88. The lowest BCUT2D eigenvalue weighted by molar-refractivity contribution is -0.118. The van der Waals surface area contributed by atoms with E-state index in [0.29, 0.717) is 25.3 Å². The molecule has 0 aliphatic rings. The van der Waals surface area contributed by atoms with E-state index in [4.69, 9.17) is 10.5 Å². The van der Waals surface area contributed by atoms with Gasteiger partial charge in [0, 0.05) is 32.8 Å². The Hall–Kier alpha value is -1.42. The Morgan fingerprint density at radius 2 is 2.40 bits per heavy atom. The van der Waals surface area contributed by atoms with Crippen LogP contribution in [0.1, 0.15) is 18.4 Å². The first-order valence-electron chi connectivity index (χ1n) is 4.93. The first kappa shape index (κ1) is 11.7. The Balaban J connectivity index is 2.37. The van der Waals surface area contributed by atoms with Crippen molar-refractivity contribution in [3.05, 3.63) is 23.9 Å². The lowest BCUT2D eigenvalue weighted by Crippen LogP contribution is -2.05. The van der Waals surface area contributed by atoms with E-state index in [9.17, 15) is 4.79 Å². The standard InChI is InChI=1S/C11H16N2O2/c1-15-6-2-3-10(14)7-9-4-5-13-11(12)8-9/h4-5,8H,2-3,6-7H2,1H3,(H2,12,13). The number of anilines is 1. The van der Waals surface area contributed by atoms with Gasteiger partial charge in [0.2, 0.25) is 0 Å². The minimum atomic E-state index is 0.206. The predicted octanol–water partition coefficient (Wildman–Crippen LogP) is 1.20. The fraction of sp³-hybridized carbons (Fsp3) is 0.455. The molecule has 0 fully saturated rings. The van der Waals surface area contributed by atoms with Crippen molar-refractivity contribution in [3.63, 3.8) is 0 Å². The van der Waals surface area contributed by atoms with Crippen LogP contribution >= 0.6 is 0 Å². The number of carbonyl (C=O) groups is 1. The molecule has 0 bridgehead atoms. The van der Waals surface area contributed by atoms with Crippen LogP contribution in [0.15, 0.2) is 18.3 Å². The molecule has 0 radical (unpaired) electrons. The number of ether oxygens (including phenoxy) is 1. The van der Waals surface area contributed by atoms with Crippen molar-refractivity contribution >= 4 is 11.6 Å². The summed E-state index contributed by atoms with van der Waals surface area (Å²) in [6.45, 7) is 0.629. The Bertz CT molecular complexity index is 326. The van der Waals surface area contributed by atoms with Crippen molar-refractivity contribution in [2.75, 3.05) is 19.5 Å². The number of nitrogens with zero attached hydrogens (tertiary/aromatic N) is 1. The number of carbonyl (C=O) groups excluding carboxylic acids is 1. The van der Waals surface area contributed by atoms with Gasteiger partial charge in [0.1, 0.15) is 11.6 Å². The van der Waals surface area contributed by atoms with Crippen LogP contribution in [0.3, 0.4) is 0 Å². The van der Waals surface area contributed by atoms with Gasteiger partial charge in [-0.25, -0.2) is 4.98 Å². The molecule has 15 heavy (non-hydrogen) atoms. The average Bonchev–Trinajstić information content (AvgIpc) is 2.18. The molecule has 1 aromatic heterocycles. The molecule has 0 unspecified atom stereocenters. The third-order valence-corrected chi connectivity index (χ3v) is 2.05. The molecule has 0 saturated carbocycles. The zero-order valence-electron chi connectivity index (χ0n) is 8.90. The van der Waals surface area contributed by atoms with E-state index in [-0.39, 0.29) is 5.78 Å². The molecule has 1 aromatic rings. The lowest BCUT2D eigenvalue weighted by atomic mass is 10.1. The van der Waals surface area contributed by atoms with Crippen molar-refractivity contribution in [1.29, 1.82) is 0 Å². The first-order valence-corrected chi connectivity index (χ1v) is 4.93. The number of hydrogen-bond donors (Lipinski definition) is 1. The Morgan fingerprint density at radius 1 is 1.60 bits per heavy atom. The third-order valence-electron chi connectivity index (χ3n) is 2.05. The van der Waals surface area contributed by atoms with E-state index in [2.05, 4.69) is 4.98 Å². The summed E-state index contributed by atoms with van der Waals surface area (Å²) in [6.07, 6.45) is 3.37. The van der Waals surface area contributed by atoms with E-state index < -0.39 is 0 Å². The molecule has 4 heteroatoms. The molecule has 82 valence electrons. The second kappa shape index (κ2) is 6.14. The third kappa shape index (κ3) is 4.56. The van der Waals surface area contributed by atoms with Gasteiger partial charge < -0.3 is 10.5 Å². The lowest BCUT2D eigenvalue weighted by Gasteiger charge is -2.01. The molecule has 2 N–H and O–H groups in total. The highest BCUT2D eigenvalue weighted by Gasteiger charge is 2.03. The van der Waals surface area contributed by atoms with Gasteiger partial charge >= 0.3 is 0 Å². The molecule has 1 heterocycles. The van der Waals surface area contributed by atoms with E-state index in [0.717, 1.165) is 12.0 Å². The van der Waals surface area contributed by atoms with Crippen LogP contribution in [-0.2, 0) is 16.0 Å². The topological polar surface area (TPSA) is 65.2 Å². The molecule has 0 atom stereocenters. The number of nitrogen functional groups attached to an aromatic ring is 1. The molecule has 0 aliphatic heterocycles. The van der Waals surface area contributed by atoms with Gasteiger partial charge in [-0.05, 0) is 24.1 Å². The molecule has 0 aromatic carbocycles. The average molecular weight is 208 g/mol. The number of methoxy groups -OCH3 is 1. The summed E-state index contributed by atoms with van der Waals surface area (Å²) in [7, 11) is 1.63. The van der Waals surface area contributed by atoms with Crippen molar-refractivity contribution < 1.29 is 9.53 Å². The monoisotopic (exact) mass is 208 g/mol. The number of ketones is 1. The zero-order valence-corrected chi connectivity index (χ0v) is 8.90. The van der Waals surface area contributed by atoms with Gasteiger partial charge in [-0.2, -0.15) is 0 Å². The van der Waals surface area contributed by atoms with Crippen molar-refractivity contribution in [2.45, 2.75) is 19.3 Å². The fourth-order valence-corrected chi connectivity index (χ4v) is 1.33. The van der Waals surface area contributed by atoms with E-state index in [1.165, 1.54) is 0 Å². The summed E-state index contributed by atoms with van der Waals surface area (Å²) in [5, 5.41) is 0. The van der Waals surface area contributed by atoms with Crippen LogP contribution in [0, 0.1) is 0 Å².